The van der Waals surface area contributed by atoms with Crippen molar-refractivity contribution >= 4 is 0 Å². The molecule has 64 valence electrons. The Morgan fingerprint density at radius 2 is 2.36 bits per heavy atom. The third-order valence-electron chi connectivity index (χ3n) is 1.57. The lowest BCUT2D eigenvalue weighted by molar-refractivity contribution is 0.123. The molecule has 1 atom stereocenters. The lowest BCUT2D eigenvalue weighted by Gasteiger charge is -2.13. The van der Waals surface area contributed by atoms with Crippen LogP contribution in [0.4, 0.5) is 0 Å². The SMILES string of the molecule is C#CCCC(COCC)NC. The highest BCUT2D eigenvalue weighted by molar-refractivity contribution is 4.85. The van der Waals surface area contributed by atoms with Crippen LogP contribution in [0.3, 0.4) is 0 Å². The van der Waals surface area contributed by atoms with Gasteiger partial charge in [0.15, 0.2) is 0 Å². The zero-order chi connectivity index (χ0) is 8.53. The summed E-state index contributed by atoms with van der Waals surface area (Å²) in [5, 5.41) is 3.15. The number of rotatable bonds is 6. The largest absolute Gasteiger partial charge is 0.380 e. The van der Waals surface area contributed by atoms with Crippen molar-refractivity contribution in [2.24, 2.45) is 0 Å². The van der Waals surface area contributed by atoms with E-state index in [1.54, 1.807) is 0 Å². The molecule has 0 heterocycles. The Morgan fingerprint density at radius 3 is 2.82 bits per heavy atom. The average molecular weight is 155 g/mol. The van der Waals surface area contributed by atoms with Crippen LogP contribution in [-0.4, -0.2) is 26.3 Å². The summed E-state index contributed by atoms with van der Waals surface area (Å²) < 4.78 is 5.25. The summed E-state index contributed by atoms with van der Waals surface area (Å²) in [5.41, 5.74) is 0. The highest BCUT2D eigenvalue weighted by atomic mass is 16.5. The number of hydrogen-bond donors (Lipinski definition) is 1. The molecule has 2 nitrogen and oxygen atoms in total. The Kier molecular flexibility index (Phi) is 7.23. The van der Waals surface area contributed by atoms with Gasteiger partial charge in [0.1, 0.15) is 0 Å². The van der Waals surface area contributed by atoms with Gasteiger partial charge in [-0.3, -0.25) is 0 Å². The lowest BCUT2D eigenvalue weighted by atomic mass is 10.2. The molecule has 1 N–H and O–H groups in total. The van der Waals surface area contributed by atoms with Crippen LogP contribution in [-0.2, 0) is 4.74 Å². The Bertz CT molecular complexity index is 117. The van der Waals surface area contributed by atoms with E-state index in [0.29, 0.717) is 6.04 Å². The first-order chi connectivity index (χ1) is 5.35. The molecule has 0 bridgehead atoms. The number of hydrogen-bond acceptors (Lipinski definition) is 2. The fraction of sp³-hybridized carbons (Fsp3) is 0.778. The number of likely N-dealkylation sites (N-methyl/N-ethyl adjacent to an activating group) is 1. The van der Waals surface area contributed by atoms with Crippen LogP contribution >= 0.6 is 0 Å². The van der Waals surface area contributed by atoms with Gasteiger partial charge in [0.25, 0.3) is 0 Å². The first-order valence-corrected chi connectivity index (χ1v) is 4.03. The second kappa shape index (κ2) is 7.59. The third kappa shape index (κ3) is 5.90. The van der Waals surface area contributed by atoms with Crippen molar-refractivity contribution in [2.45, 2.75) is 25.8 Å². The molecule has 0 aliphatic rings. The summed E-state index contributed by atoms with van der Waals surface area (Å²) in [6.45, 7) is 3.52. The normalized spacial score (nSPS) is 12.5. The van der Waals surface area contributed by atoms with Crippen molar-refractivity contribution in [3.05, 3.63) is 0 Å². The van der Waals surface area contributed by atoms with E-state index in [9.17, 15) is 0 Å². The minimum Gasteiger partial charge on any atom is -0.380 e. The molecular formula is C9H17NO. The molecule has 11 heavy (non-hydrogen) atoms. The van der Waals surface area contributed by atoms with Crippen LogP contribution in [0.15, 0.2) is 0 Å². The number of terminal acetylenes is 1. The average Bonchev–Trinajstić information content (AvgIpc) is 2.05. The Labute approximate surface area is 69.3 Å². The van der Waals surface area contributed by atoms with Gasteiger partial charge in [0.2, 0.25) is 0 Å². The Hall–Kier alpha value is -0.520. The third-order valence-corrected chi connectivity index (χ3v) is 1.57. The molecule has 0 aromatic heterocycles. The molecule has 0 spiro atoms. The predicted molar refractivity (Wildman–Crippen MR) is 47.4 cm³/mol. The van der Waals surface area contributed by atoms with Gasteiger partial charge in [-0.1, -0.05) is 0 Å². The monoisotopic (exact) mass is 155 g/mol. The second-order valence-corrected chi connectivity index (χ2v) is 2.39. The van der Waals surface area contributed by atoms with E-state index in [2.05, 4.69) is 11.2 Å². The van der Waals surface area contributed by atoms with E-state index in [1.165, 1.54) is 0 Å². The predicted octanol–water partition coefficient (Wildman–Crippen LogP) is 1.02. The minimum atomic E-state index is 0.408. The maximum Gasteiger partial charge on any atom is 0.0619 e. The van der Waals surface area contributed by atoms with Crippen LogP contribution in [0.5, 0.6) is 0 Å². The van der Waals surface area contributed by atoms with Crippen molar-refractivity contribution in [3.8, 4) is 12.3 Å². The first-order valence-electron chi connectivity index (χ1n) is 4.03. The van der Waals surface area contributed by atoms with Crippen LogP contribution in [0.2, 0.25) is 0 Å². The van der Waals surface area contributed by atoms with Gasteiger partial charge in [-0.2, -0.15) is 0 Å². The van der Waals surface area contributed by atoms with E-state index in [1.807, 2.05) is 14.0 Å². The van der Waals surface area contributed by atoms with E-state index in [-0.39, 0.29) is 0 Å². The van der Waals surface area contributed by atoms with Gasteiger partial charge in [-0.05, 0) is 20.4 Å². The van der Waals surface area contributed by atoms with E-state index < -0.39 is 0 Å². The minimum absolute atomic E-state index is 0.408. The molecule has 0 rings (SSSR count). The maximum absolute atomic E-state index is 5.25. The zero-order valence-electron chi connectivity index (χ0n) is 7.39. The quantitative estimate of drug-likeness (QED) is 0.578. The molecule has 2 heteroatoms. The van der Waals surface area contributed by atoms with Crippen LogP contribution in [0.1, 0.15) is 19.8 Å². The van der Waals surface area contributed by atoms with Crippen LogP contribution < -0.4 is 5.32 Å². The lowest BCUT2D eigenvalue weighted by Crippen LogP contribution is -2.30. The van der Waals surface area contributed by atoms with Gasteiger partial charge >= 0.3 is 0 Å². The fourth-order valence-electron chi connectivity index (χ4n) is 0.829. The molecule has 0 fully saturated rings. The van der Waals surface area contributed by atoms with Crippen molar-refractivity contribution in [2.75, 3.05) is 20.3 Å². The summed E-state index contributed by atoms with van der Waals surface area (Å²) in [7, 11) is 1.93. The summed E-state index contributed by atoms with van der Waals surface area (Å²) in [4.78, 5) is 0. The number of nitrogens with one attached hydrogen (secondary N) is 1. The maximum atomic E-state index is 5.25. The van der Waals surface area contributed by atoms with E-state index in [0.717, 1.165) is 26.1 Å². The standard InChI is InChI=1S/C9H17NO/c1-4-6-7-9(10-3)8-11-5-2/h1,9-10H,5-8H2,2-3H3. The number of ether oxygens (including phenoxy) is 1. The topological polar surface area (TPSA) is 21.3 Å². The second-order valence-electron chi connectivity index (χ2n) is 2.39. The Balaban J connectivity index is 3.34. The summed E-state index contributed by atoms with van der Waals surface area (Å²) >= 11 is 0. The van der Waals surface area contributed by atoms with E-state index in [4.69, 9.17) is 11.2 Å². The molecule has 0 saturated heterocycles. The molecule has 0 saturated carbocycles. The van der Waals surface area contributed by atoms with Crippen molar-refractivity contribution in [1.82, 2.24) is 5.32 Å². The van der Waals surface area contributed by atoms with Gasteiger partial charge in [0, 0.05) is 19.1 Å². The van der Waals surface area contributed by atoms with Crippen LogP contribution in [0.25, 0.3) is 0 Å². The summed E-state index contributed by atoms with van der Waals surface area (Å²) in [6.07, 6.45) is 6.95. The molecule has 0 aliphatic carbocycles. The van der Waals surface area contributed by atoms with Crippen LogP contribution in [0, 0.1) is 12.3 Å². The molecule has 0 aliphatic heterocycles. The smallest absolute Gasteiger partial charge is 0.0619 e. The molecule has 0 radical (unpaired) electrons. The van der Waals surface area contributed by atoms with Crippen molar-refractivity contribution in [1.29, 1.82) is 0 Å². The highest BCUT2D eigenvalue weighted by Gasteiger charge is 2.03. The molecule has 0 aromatic carbocycles. The first kappa shape index (κ1) is 10.5. The summed E-state index contributed by atoms with van der Waals surface area (Å²) in [5.74, 6) is 2.61. The van der Waals surface area contributed by atoms with Gasteiger partial charge < -0.3 is 10.1 Å². The molecular weight excluding hydrogens is 138 g/mol. The molecule has 0 amide bonds. The van der Waals surface area contributed by atoms with Gasteiger partial charge in [-0.25, -0.2) is 0 Å². The van der Waals surface area contributed by atoms with Crippen molar-refractivity contribution in [3.63, 3.8) is 0 Å². The Morgan fingerprint density at radius 1 is 1.64 bits per heavy atom. The van der Waals surface area contributed by atoms with Crippen molar-refractivity contribution < 1.29 is 4.74 Å². The highest BCUT2D eigenvalue weighted by Crippen LogP contribution is 1.95. The van der Waals surface area contributed by atoms with E-state index >= 15 is 0 Å². The zero-order valence-corrected chi connectivity index (χ0v) is 7.39. The van der Waals surface area contributed by atoms with Gasteiger partial charge in [-0.15, -0.1) is 12.3 Å². The fourth-order valence-corrected chi connectivity index (χ4v) is 0.829. The molecule has 0 aromatic rings. The van der Waals surface area contributed by atoms with Gasteiger partial charge in [0.05, 0.1) is 6.61 Å². The molecule has 1 unspecified atom stereocenters. The summed E-state index contributed by atoms with van der Waals surface area (Å²) in [6, 6.07) is 0.408.